The molecule has 2 N–H and O–H groups in total. The third kappa shape index (κ3) is 2.10. The van der Waals surface area contributed by atoms with Crippen molar-refractivity contribution in [2.75, 3.05) is 13.1 Å². The molecule has 106 valence electrons. The number of fused-ring (bicyclic) bond motifs is 1. The molecule has 0 aliphatic carbocycles. The van der Waals surface area contributed by atoms with Gasteiger partial charge < -0.3 is 15.1 Å². The summed E-state index contributed by atoms with van der Waals surface area (Å²) in [5, 5.41) is 1.03. The summed E-state index contributed by atoms with van der Waals surface area (Å²) < 4.78 is 5.85. The third-order valence-corrected chi connectivity index (χ3v) is 4.18. The summed E-state index contributed by atoms with van der Waals surface area (Å²) in [4.78, 5) is 14.5. The predicted molar refractivity (Wildman–Crippen MR) is 78.8 cm³/mol. The van der Waals surface area contributed by atoms with Gasteiger partial charge in [-0.1, -0.05) is 18.2 Å². The lowest BCUT2D eigenvalue weighted by molar-refractivity contribution is 0.0684. The molecular weight excluding hydrogens is 252 g/mol. The maximum absolute atomic E-state index is 12.6. The van der Waals surface area contributed by atoms with Gasteiger partial charge in [-0.15, -0.1) is 0 Å². The smallest absolute Gasteiger partial charge is 0.289 e. The summed E-state index contributed by atoms with van der Waals surface area (Å²) >= 11 is 0. The molecule has 4 nitrogen and oxygen atoms in total. The number of amides is 1. The van der Waals surface area contributed by atoms with Gasteiger partial charge in [-0.3, -0.25) is 4.79 Å². The summed E-state index contributed by atoms with van der Waals surface area (Å²) in [6, 6.07) is 6.22. The van der Waals surface area contributed by atoms with Crippen LogP contribution in [0, 0.1) is 13.8 Å². The van der Waals surface area contributed by atoms with Crippen LogP contribution in [-0.2, 0) is 0 Å². The molecule has 0 bridgehead atoms. The monoisotopic (exact) mass is 272 g/mol. The normalized spacial score (nSPS) is 16.9. The number of hydrogen-bond acceptors (Lipinski definition) is 3. The van der Waals surface area contributed by atoms with Gasteiger partial charge in [0.15, 0.2) is 5.76 Å². The molecule has 0 spiro atoms. The average molecular weight is 272 g/mol. The highest BCUT2D eigenvalue weighted by Gasteiger charge is 2.26. The highest BCUT2D eigenvalue weighted by atomic mass is 16.3. The first-order valence-corrected chi connectivity index (χ1v) is 7.11. The van der Waals surface area contributed by atoms with Crippen LogP contribution >= 0.6 is 0 Å². The van der Waals surface area contributed by atoms with E-state index in [1.54, 1.807) is 0 Å². The first-order valence-electron chi connectivity index (χ1n) is 7.11. The molecule has 0 atom stereocenters. The number of hydrogen-bond donors (Lipinski definition) is 1. The number of rotatable bonds is 1. The molecule has 1 aromatic carbocycles. The van der Waals surface area contributed by atoms with Crippen molar-refractivity contribution in [1.29, 1.82) is 0 Å². The van der Waals surface area contributed by atoms with Crippen LogP contribution in [0.1, 0.15) is 34.5 Å². The van der Waals surface area contributed by atoms with Gasteiger partial charge >= 0.3 is 0 Å². The molecule has 1 amide bonds. The highest BCUT2D eigenvalue weighted by Crippen LogP contribution is 2.29. The number of likely N-dealkylation sites (tertiary alicyclic amines) is 1. The lowest BCUT2D eigenvalue weighted by Crippen LogP contribution is -2.42. The minimum absolute atomic E-state index is 0.00926. The highest BCUT2D eigenvalue weighted by molar-refractivity contribution is 5.99. The molecule has 2 aromatic rings. The van der Waals surface area contributed by atoms with E-state index < -0.39 is 0 Å². The SMILES string of the molecule is Cc1c(C(=O)N2CCC(N)CC2)oc2c(C)cccc12. The maximum atomic E-state index is 12.6. The van der Waals surface area contributed by atoms with E-state index in [1.807, 2.05) is 36.9 Å². The molecule has 0 unspecified atom stereocenters. The number of carbonyl (C=O) groups excluding carboxylic acids is 1. The lowest BCUT2D eigenvalue weighted by Gasteiger charge is -2.29. The second-order valence-corrected chi connectivity index (χ2v) is 5.64. The van der Waals surface area contributed by atoms with Crippen LogP contribution in [0.2, 0.25) is 0 Å². The largest absolute Gasteiger partial charge is 0.450 e. The first-order chi connectivity index (χ1) is 9.58. The van der Waals surface area contributed by atoms with Crippen LogP contribution in [0.5, 0.6) is 0 Å². The molecule has 2 heterocycles. The first kappa shape index (κ1) is 13.2. The van der Waals surface area contributed by atoms with Crippen molar-refractivity contribution in [3.8, 4) is 0 Å². The molecule has 1 aliphatic heterocycles. The molecular formula is C16H20N2O2. The summed E-state index contributed by atoms with van der Waals surface area (Å²) in [6.07, 6.45) is 1.73. The molecule has 1 aliphatic rings. The Kier molecular flexibility index (Phi) is 3.26. The summed E-state index contributed by atoms with van der Waals surface area (Å²) in [5.74, 6) is 0.467. The van der Waals surface area contributed by atoms with Crippen molar-refractivity contribution in [3.63, 3.8) is 0 Å². The molecule has 3 rings (SSSR count). The van der Waals surface area contributed by atoms with Crippen LogP contribution in [0.25, 0.3) is 11.0 Å². The van der Waals surface area contributed by atoms with Crippen LogP contribution in [0.4, 0.5) is 0 Å². The lowest BCUT2D eigenvalue weighted by atomic mass is 10.1. The van der Waals surface area contributed by atoms with Crippen molar-refractivity contribution in [1.82, 2.24) is 4.90 Å². The van der Waals surface area contributed by atoms with Crippen LogP contribution in [-0.4, -0.2) is 29.9 Å². The number of nitrogens with zero attached hydrogens (tertiary/aromatic N) is 1. The summed E-state index contributed by atoms with van der Waals surface area (Å²) in [6.45, 7) is 5.39. The number of piperidine rings is 1. The standard InChI is InChI=1S/C16H20N2O2/c1-10-4-3-5-13-11(2)15(20-14(10)13)16(19)18-8-6-12(17)7-9-18/h3-5,12H,6-9,17H2,1-2H3. The second-order valence-electron chi connectivity index (χ2n) is 5.64. The van der Waals surface area contributed by atoms with Crippen molar-refractivity contribution < 1.29 is 9.21 Å². The number of benzene rings is 1. The van der Waals surface area contributed by atoms with Gasteiger partial charge in [-0.2, -0.15) is 0 Å². The van der Waals surface area contributed by atoms with Gasteiger partial charge in [0.1, 0.15) is 5.58 Å². The Balaban J connectivity index is 1.96. The Bertz CT molecular complexity index is 652. The Morgan fingerprint density at radius 1 is 1.30 bits per heavy atom. The second kappa shape index (κ2) is 4.94. The predicted octanol–water partition coefficient (Wildman–Crippen LogP) is 2.61. The average Bonchev–Trinajstić information content (AvgIpc) is 2.78. The van der Waals surface area contributed by atoms with Gasteiger partial charge in [-0.05, 0) is 32.3 Å². The Morgan fingerprint density at radius 2 is 2.00 bits per heavy atom. The zero-order valence-electron chi connectivity index (χ0n) is 12.0. The molecule has 0 radical (unpaired) electrons. The van der Waals surface area contributed by atoms with E-state index in [4.69, 9.17) is 10.2 Å². The van der Waals surface area contributed by atoms with E-state index in [0.29, 0.717) is 5.76 Å². The molecule has 1 fully saturated rings. The van der Waals surface area contributed by atoms with Gasteiger partial charge in [0.25, 0.3) is 5.91 Å². The number of furan rings is 1. The minimum atomic E-state index is -0.00926. The van der Waals surface area contributed by atoms with Crippen LogP contribution in [0.3, 0.4) is 0 Å². The molecule has 1 saturated heterocycles. The van der Waals surface area contributed by atoms with E-state index in [9.17, 15) is 4.79 Å². The maximum Gasteiger partial charge on any atom is 0.289 e. The minimum Gasteiger partial charge on any atom is -0.450 e. The topological polar surface area (TPSA) is 59.5 Å². The number of para-hydroxylation sites is 1. The van der Waals surface area contributed by atoms with Crippen LogP contribution in [0.15, 0.2) is 22.6 Å². The number of carbonyl (C=O) groups is 1. The Morgan fingerprint density at radius 3 is 2.65 bits per heavy atom. The zero-order chi connectivity index (χ0) is 14.3. The van der Waals surface area contributed by atoms with E-state index >= 15 is 0 Å². The fraction of sp³-hybridized carbons (Fsp3) is 0.438. The zero-order valence-corrected chi connectivity index (χ0v) is 12.0. The molecule has 1 aromatic heterocycles. The van der Waals surface area contributed by atoms with Crippen molar-refractivity contribution >= 4 is 16.9 Å². The van der Waals surface area contributed by atoms with Crippen molar-refractivity contribution in [2.45, 2.75) is 32.7 Å². The van der Waals surface area contributed by atoms with Crippen molar-refractivity contribution in [3.05, 3.63) is 35.1 Å². The fourth-order valence-electron chi connectivity index (χ4n) is 2.83. The summed E-state index contributed by atoms with van der Waals surface area (Å²) in [5.41, 5.74) is 8.70. The summed E-state index contributed by atoms with van der Waals surface area (Å²) in [7, 11) is 0. The molecule has 4 heteroatoms. The van der Waals surface area contributed by atoms with Gasteiger partial charge in [0.05, 0.1) is 0 Å². The van der Waals surface area contributed by atoms with E-state index in [2.05, 4.69) is 0 Å². The Labute approximate surface area is 118 Å². The fourth-order valence-corrected chi connectivity index (χ4v) is 2.83. The quantitative estimate of drug-likeness (QED) is 0.868. The van der Waals surface area contributed by atoms with E-state index in [1.165, 1.54) is 0 Å². The molecule has 0 saturated carbocycles. The number of aryl methyl sites for hydroxylation is 2. The van der Waals surface area contributed by atoms with Gasteiger partial charge in [-0.25, -0.2) is 0 Å². The van der Waals surface area contributed by atoms with Gasteiger partial charge in [0.2, 0.25) is 0 Å². The van der Waals surface area contributed by atoms with Crippen molar-refractivity contribution in [2.24, 2.45) is 5.73 Å². The van der Waals surface area contributed by atoms with Gasteiger partial charge in [0, 0.05) is 30.1 Å². The van der Waals surface area contributed by atoms with E-state index in [-0.39, 0.29) is 11.9 Å². The van der Waals surface area contributed by atoms with E-state index in [0.717, 1.165) is 48.0 Å². The number of nitrogens with two attached hydrogens (primary N) is 1. The third-order valence-electron chi connectivity index (χ3n) is 4.18. The molecule has 20 heavy (non-hydrogen) atoms. The van der Waals surface area contributed by atoms with Crippen LogP contribution < -0.4 is 5.73 Å². The Hall–Kier alpha value is -1.81.